The van der Waals surface area contributed by atoms with Crippen molar-refractivity contribution < 1.29 is 4.39 Å². The van der Waals surface area contributed by atoms with Gasteiger partial charge >= 0.3 is 0 Å². The molecule has 1 heterocycles. The Labute approximate surface area is 103 Å². The lowest BCUT2D eigenvalue weighted by molar-refractivity contribution is 0.576. The normalized spacial score (nSPS) is 19.1. The van der Waals surface area contributed by atoms with Crippen LogP contribution in [-0.2, 0) is 12.8 Å². The third-order valence-electron chi connectivity index (χ3n) is 3.08. The molecule has 17 heavy (non-hydrogen) atoms. The number of rotatable bonds is 1. The third-order valence-corrected chi connectivity index (χ3v) is 4.24. The summed E-state index contributed by atoms with van der Waals surface area (Å²) in [6.07, 6.45) is 2.77. The zero-order valence-corrected chi connectivity index (χ0v) is 10.1. The Hall–Kier alpha value is -1.26. The number of aryl methyl sites for hydroxylation is 1. The fraction of sp³-hybridized carbons (Fsp3) is 0.308. The zero-order chi connectivity index (χ0) is 11.8. The monoisotopic (exact) mass is 248 g/mol. The highest BCUT2D eigenvalue weighted by Gasteiger charge is 2.21. The maximum atomic E-state index is 13.7. The number of aromatic nitrogens is 1. The number of thiazole rings is 1. The van der Waals surface area contributed by atoms with Gasteiger partial charge in [0.1, 0.15) is 10.8 Å². The highest BCUT2D eigenvalue weighted by molar-refractivity contribution is 7.15. The van der Waals surface area contributed by atoms with Crippen LogP contribution in [0.25, 0.3) is 10.6 Å². The molecule has 0 spiro atoms. The van der Waals surface area contributed by atoms with Crippen molar-refractivity contribution in [3.05, 3.63) is 40.7 Å². The number of halogens is 1. The molecule has 0 bridgehead atoms. The lowest BCUT2D eigenvalue weighted by atomic mass is 9.99. The summed E-state index contributed by atoms with van der Waals surface area (Å²) in [6.45, 7) is 0. The fourth-order valence-electron chi connectivity index (χ4n) is 2.15. The van der Waals surface area contributed by atoms with Gasteiger partial charge in [-0.25, -0.2) is 9.37 Å². The standard InChI is InChI=1S/C13H13FN2S/c14-10-4-2-1-3-9(10)13-16-11-6-5-8(15)7-12(11)17-13/h1-4,8H,5-7,15H2. The number of hydrogen-bond acceptors (Lipinski definition) is 3. The summed E-state index contributed by atoms with van der Waals surface area (Å²) in [4.78, 5) is 5.76. The van der Waals surface area contributed by atoms with Crippen LogP contribution in [0.4, 0.5) is 4.39 Å². The highest BCUT2D eigenvalue weighted by Crippen LogP contribution is 2.33. The maximum Gasteiger partial charge on any atom is 0.133 e. The van der Waals surface area contributed by atoms with Crippen LogP contribution in [0.2, 0.25) is 0 Å². The molecule has 0 saturated carbocycles. The quantitative estimate of drug-likeness (QED) is 0.842. The smallest absolute Gasteiger partial charge is 0.133 e. The average Bonchev–Trinajstić information content (AvgIpc) is 2.72. The Balaban J connectivity index is 2.03. The van der Waals surface area contributed by atoms with Gasteiger partial charge in [0.05, 0.1) is 5.69 Å². The van der Waals surface area contributed by atoms with E-state index in [1.807, 2.05) is 6.07 Å². The number of fused-ring (bicyclic) bond motifs is 1. The maximum absolute atomic E-state index is 13.7. The zero-order valence-electron chi connectivity index (χ0n) is 9.32. The second kappa shape index (κ2) is 4.20. The van der Waals surface area contributed by atoms with Crippen LogP contribution >= 0.6 is 11.3 Å². The van der Waals surface area contributed by atoms with Crippen LogP contribution in [0, 0.1) is 5.82 Å². The molecule has 0 fully saturated rings. The van der Waals surface area contributed by atoms with Gasteiger partial charge in [-0.1, -0.05) is 12.1 Å². The Bertz CT molecular complexity index is 550. The summed E-state index contributed by atoms with van der Waals surface area (Å²) < 4.78 is 13.7. The summed E-state index contributed by atoms with van der Waals surface area (Å²) >= 11 is 1.58. The summed E-state index contributed by atoms with van der Waals surface area (Å²) in [6, 6.07) is 7.02. The molecule has 88 valence electrons. The SMILES string of the molecule is NC1CCc2nc(-c3ccccc3F)sc2C1. The molecule has 2 N–H and O–H groups in total. The van der Waals surface area contributed by atoms with Crippen molar-refractivity contribution in [1.82, 2.24) is 4.98 Å². The fourth-order valence-corrected chi connectivity index (χ4v) is 3.38. The molecule has 0 radical (unpaired) electrons. The van der Waals surface area contributed by atoms with E-state index < -0.39 is 0 Å². The van der Waals surface area contributed by atoms with E-state index in [1.165, 1.54) is 10.9 Å². The van der Waals surface area contributed by atoms with Gasteiger partial charge in [-0.05, 0) is 31.4 Å². The first kappa shape index (κ1) is 10.9. The minimum atomic E-state index is -0.206. The number of hydrogen-bond donors (Lipinski definition) is 1. The average molecular weight is 248 g/mol. The first-order valence-electron chi connectivity index (χ1n) is 5.73. The van der Waals surface area contributed by atoms with E-state index in [0.717, 1.165) is 30.0 Å². The van der Waals surface area contributed by atoms with Gasteiger partial charge < -0.3 is 5.73 Å². The Kier molecular flexibility index (Phi) is 2.68. The molecule has 1 aliphatic carbocycles. The first-order valence-corrected chi connectivity index (χ1v) is 6.55. The second-order valence-electron chi connectivity index (χ2n) is 4.37. The van der Waals surface area contributed by atoms with Gasteiger partial charge in [0.25, 0.3) is 0 Å². The molecule has 1 unspecified atom stereocenters. The van der Waals surface area contributed by atoms with Crippen molar-refractivity contribution in [1.29, 1.82) is 0 Å². The molecule has 4 heteroatoms. The van der Waals surface area contributed by atoms with Crippen molar-refractivity contribution in [3.63, 3.8) is 0 Å². The van der Waals surface area contributed by atoms with E-state index in [9.17, 15) is 4.39 Å². The van der Waals surface area contributed by atoms with Gasteiger partial charge in [0.2, 0.25) is 0 Å². The largest absolute Gasteiger partial charge is 0.327 e. The Morgan fingerprint density at radius 2 is 2.18 bits per heavy atom. The lowest BCUT2D eigenvalue weighted by Gasteiger charge is -2.15. The van der Waals surface area contributed by atoms with Crippen molar-refractivity contribution >= 4 is 11.3 Å². The van der Waals surface area contributed by atoms with Gasteiger partial charge in [0.15, 0.2) is 0 Å². The van der Waals surface area contributed by atoms with Crippen molar-refractivity contribution in [3.8, 4) is 10.6 Å². The molecule has 1 atom stereocenters. The lowest BCUT2D eigenvalue weighted by Crippen LogP contribution is -2.26. The summed E-state index contributed by atoms with van der Waals surface area (Å²) in [7, 11) is 0. The number of nitrogens with two attached hydrogens (primary N) is 1. The van der Waals surface area contributed by atoms with Gasteiger partial charge in [-0.15, -0.1) is 11.3 Å². The molecule has 3 rings (SSSR count). The van der Waals surface area contributed by atoms with Gasteiger partial charge in [0, 0.05) is 16.5 Å². The van der Waals surface area contributed by atoms with E-state index >= 15 is 0 Å². The van der Waals surface area contributed by atoms with Crippen molar-refractivity contribution in [2.24, 2.45) is 5.73 Å². The van der Waals surface area contributed by atoms with E-state index in [0.29, 0.717) is 5.56 Å². The summed E-state index contributed by atoms with van der Waals surface area (Å²) in [5, 5.41) is 0.780. The molecular weight excluding hydrogens is 235 g/mol. The predicted molar refractivity (Wildman–Crippen MR) is 67.5 cm³/mol. The first-order chi connectivity index (χ1) is 8.24. The van der Waals surface area contributed by atoms with Crippen LogP contribution in [0.15, 0.2) is 24.3 Å². The van der Waals surface area contributed by atoms with Crippen LogP contribution in [0.3, 0.4) is 0 Å². The molecule has 1 aromatic carbocycles. The molecule has 0 amide bonds. The Morgan fingerprint density at radius 3 is 3.00 bits per heavy atom. The van der Waals surface area contributed by atoms with E-state index in [2.05, 4.69) is 4.98 Å². The van der Waals surface area contributed by atoms with Crippen molar-refractivity contribution in [2.75, 3.05) is 0 Å². The molecule has 1 aliphatic rings. The van der Waals surface area contributed by atoms with Gasteiger partial charge in [-0.2, -0.15) is 0 Å². The molecule has 2 nitrogen and oxygen atoms in total. The second-order valence-corrected chi connectivity index (χ2v) is 5.46. The molecule has 1 aromatic heterocycles. The van der Waals surface area contributed by atoms with Crippen LogP contribution < -0.4 is 5.73 Å². The van der Waals surface area contributed by atoms with Crippen LogP contribution in [0.5, 0.6) is 0 Å². The van der Waals surface area contributed by atoms with Gasteiger partial charge in [-0.3, -0.25) is 0 Å². The molecule has 0 aliphatic heterocycles. The minimum absolute atomic E-state index is 0.206. The highest BCUT2D eigenvalue weighted by atomic mass is 32.1. The topological polar surface area (TPSA) is 38.9 Å². The predicted octanol–water partition coefficient (Wildman–Crippen LogP) is 2.77. The Morgan fingerprint density at radius 1 is 1.35 bits per heavy atom. The third kappa shape index (κ3) is 1.98. The van der Waals surface area contributed by atoms with E-state index in [-0.39, 0.29) is 11.9 Å². The summed E-state index contributed by atoms with van der Waals surface area (Å²) in [5.41, 5.74) is 7.64. The van der Waals surface area contributed by atoms with E-state index in [1.54, 1.807) is 23.5 Å². The van der Waals surface area contributed by atoms with Crippen LogP contribution in [-0.4, -0.2) is 11.0 Å². The molecular formula is C13H13FN2S. The number of benzene rings is 1. The summed E-state index contributed by atoms with van der Waals surface area (Å²) in [5.74, 6) is -0.206. The van der Waals surface area contributed by atoms with Crippen molar-refractivity contribution in [2.45, 2.75) is 25.3 Å². The molecule has 0 saturated heterocycles. The minimum Gasteiger partial charge on any atom is -0.327 e. The molecule has 2 aromatic rings. The van der Waals surface area contributed by atoms with Crippen LogP contribution in [0.1, 0.15) is 17.0 Å². The number of nitrogens with zero attached hydrogens (tertiary/aromatic N) is 1. The van der Waals surface area contributed by atoms with E-state index in [4.69, 9.17) is 5.73 Å².